The highest BCUT2D eigenvalue weighted by Crippen LogP contribution is 2.65. The molecule has 3 aliphatic rings. The predicted molar refractivity (Wildman–Crippen MR) is 132 cm³/mol. The summed E-state index contributed by atoms with van der Waals surface area (Å²) in [7, 11) is 0. The topological polar surface area (TPSA) is 59.4 Å². The minimum absolute atomic E-state index is 0.0246. The number of carbonyl (C=O) groups excluding carboxylic acids is 1. The maximum Gasteiger partial charge on any atom is 0.322 e. The van der Waals surface area contributed by atoms with Gasteiger partial charge in [0, 0.05) is 35.3 Å². The number of benzene rings is 2. The normalized spacial score (nSPS) is 26.0. The highest BCUT2D eigenvalue weighted by Gasteiger charge is 2.64. The van der Waals surface area contributed by atoms with Gasteiger partial charge in [-0.05, 0) is 99.5 Å². The van der Waals surface area contributed by atoms with Crippen molar-refractivity contribution in [3.8, 4) is 6.07 Å². The molecule has 3 atom stereocenters. The van der Waals surface area contributed by atoms with Crippen LogP contribution in [-0.4, -0.2) is 48.1 Å². The van der Waals surface area contributed by atoms with Crippen LogP contribution in [0.2, 0.25) is 5.02 Å². The van der Waals surface area contributed by atoms with Crippen LogP contribution in [-0.2, 0) is 5.41 Å². The molecule has 1 aliphatic heterocycles. The van der Waals surface area contributed by atoms with E-state index in [-0.39, 0.29) is 17.5 Å². The van der Waals surface area contributed by atoms with Gasteiger partial charge in [0.05, 0.1) is 11.6 Å². The van der Waals surface area contributed by atoms with Gasteiger partial charge in [-0.1, -0.05) is 23.7 Å². The number of hydrogen-bond donors (Lipinski definition) is 1. The van der Waals surface area contributed by atoms with Gasteiger partial charge in [-0.2, -0.15) is 5.26 Å². The quantitative estimate of drug-likeness (QED) is 0.610. The Morgan fingerprint density at radius 1 is 1.24 bits per heavy atom. The number of fused-ring (bicyclic) bond motifs is 1. The van der Waals surface area contributed by atoms with Gasteiger partial charge in [0.2, 0.25) is 0 Å². The molecule has 5 nitrogen and oxygen atoms in total. The fraction of sp³-hybridized carbons (Fsp3) is 0.481. The van der Waals surface area contributed by atoms with E-state index in [1.807, 2.05) is 37.3 Å². The Hall–Kier alpha value is -2.55. The van der Waals surface area contributed by atoms with E-state index < -0.39 is 0 Å². The zero-order chi connectivity index (χ0) is 23.0. The Kier molecular flexibility index (Phi) is 6.07. The highest BCUT2D eigenvalue weighted by molar-refractivity contribution is 6.31. The molecule has 5 rings (SSSR count). The van der Waals surface area contributed by atoms with Crippen LogP contribution >= 0.6 is 11.6 Å². The molecule has 2 aliphatic carbocycles. The van der Waals surface area contributed by atoms with Crippen molar-refractivity contribution in [1.82, 2.24) is 9.80 Å². The first kappa shape index (κ1) is 22.3. The minimum Gasteiger partial charge on any atom is -0.320 e. The molecular weight excluding hydrogens is 432 g/mol. The van der Waals surface area contributed by atoms with Gasteiger partial charge in [-0.3, -0.25) is 0 Å². The van der Waals surface area contributed by atoms with Crippen molar-refractivity contribution in [2.24, 2.45) is 5.92 Å². The molecule has 0 unspecified atom stereocenters. The first-order chi connectivity index (χ1) is 16.0. The van der Waals surface area contributed by atoms with Crippen LogP contribution in [0.5, 0.6) is 0 Å². The zero-order valence-electron chi connectivity index (χ0n) is 19.2. The lowest BCUT2D eigenvalue weighted by Crippen LogP contribution is -2.46. The van der Waals surface area contributed by atoms with E-state index in [1.54, 1.807) is 0 Å². The lowest BCUT2D eigenvalue weighted by atomic mass is 9.93. The van der Waals surface area contributed by atoms with Gasteiger partial charge in [0.1, 0.15) is 0 Å². The first-order valence-electron chi connectivity index (χ1n) is 12.1. The number of nitrogens with one attached hydrogen (secondary N) is 1. The summed E-state index contributed by atoms with van der Waals surface area (Å²) in [6.45, 7) is 5.92. The molecule has 2 aromatic rings. The largest absolute Gasteiger partial charge is 0.322 e. The average molecular weight is 463 g/mol. The highest BCUT2D eigenvalue weighted by atomic mass is 35.5. The van der Waals surface area contributed by atoms with Crippen LogP contribution in [0, 0.1) is 24.2 Å². The van der Waals surface area contributed by atoms with Crippen molar-refractivity contribution in [2.45, 2.75) is 50.5 Å². The van der Waals surface area contributed by atoms with Crippen molar-refractivity contribution >= 4 is 23.3 Å². The SMILES string of the molecule is Cc1cc(Cl)cc(NC(=O)N(CCN2CCCC2)[C@@H]2CC[C@]3(c4ccc(C#N)cc4)C[C@H]23)c1. The molecular formula is C27H31ClN4O. The summed E-state index contributed by atoms with van der Waals surface area (Å²) in [6, 6.07) is 16.2. The molecule has 172 valence electrons. The lowest BCUT2D eigenvalue weighted by molar-refractivity contribution is 0.168. The number of anilines is 1. The lowest BCUT2D eigenvalue weighted by Gasteiger charge is -2.32. The van der Waals surface area contributed by atoms with E-state index >= 15 is 0 Å². The van der Waals surface area contributed by atoms with Crippen LogP contribution in [0.3, 0.4) is 0 Å². The molecule has 1 N–H and O–H groups in total. The maximum atomic E-state index is 13.5. The molecule has 6 heteroatoms. The Bertz CT molecular complexity index is 1050. The Balaban J connectivity index is 1.34. The molecule has 1 heterocycles. The smallest absolute Gasteiger partial charge is 0.320 e. The molecule has 0 bridgehead atoms. The number of rotatable bonds is 6. The third-order valence-corrected chi connectivity index (χ3v) is 8.10. The fourth-order valence-electron chi connectivity index (χ4n) is 6.14. The second kappa shape index (κ2) is 9.00. The standard InChI is InChI=1S/C27H31ClN4O/c1-19-14-22(28)16-23(15-19)30-26(33)32(13-12-31-10-2-3-11-31)25-8-9-27(17-24(25)27)21-6-4-20(18-29)5-7-21/h4-7,14-16,24-25H,2-3,8-13,17H2,1H3,(H,30,33)/t24-,25-,27-/m1/s1. The number of halogens is 1. The molecule has 1 saturated heterocycles. The van der Waals surface area contributed by atoms with E-state index in [1.165, 1.54) is 18.4 Å². The third-order valence-electron chi connectivity index (χ3n) is 7.88. The molecule has 0 aromatic heterocycles. The summed E-state index contributed by atoms with van der Waals surface area (Å²) in [6.07, 6.45) is 5.74. The van der Waals surface area contributed by atoms with Crippen molar-refractivity contribution in [2.75, 3.05) is 31.5 Å². The second-order valence-corrected chi connectivity index (χ2v) is 10.4. The summed E-state index contributed by atoms with van der Waals surface area (Å²) in [5, 5.41) is 12.9. The maximum absolute atomic E-state index is 13.5. The number of likely N-dealkylation sites (tertiary alicyclic amines) is 1. The number of amides is 2. The predicted octanol–water partition coefficient (Wildman–Crippen LogP) is 5.57. The zero-order valence-corrected chi connectivity index (χ0v) is 19.9. The minimum atomic E-state index is -0.0246. The number of hydrogen-bond acceptors (Lipinski definition) is 3. The van der Waals surface area contributed by atoms with E-state index in [0.717, 1.165) is 56.7 Å². The van der Waals surface area contributed by atoms with Crippen molar-refractivity contribution in [1.29, 1.82) is 5.26 Å². The Labute approximate surface area is 201 Å². The van der Waals surface area contributed by atoms with Crippen LogP contribution in [0.4, 0.5) is 10.5 Å². The van der Waals surface area contributed by atoms with Crippen molar-refractivity contribution < 1.29 is 4.79 Å². The Morgan fingerprint density at radius 2 is 2.00 bits per heavy atom. The summed E-state index contributed by atoms with van der Waals surface area (Å²) in [4.78, 5) is 18.1. The van der Waals surface area contributed by atoms with E-state index in [0.29, 0.717) is 16.5 Å². The van der Waals surface area contributed by atoms with Crippen LogP contribution < -0.4 is 5.32 Å². The van der Waals surface area contributed by atoms with Gasteiger partial charge in [0.25, 0.3) is 0 Å². The number of carbonyl (C=O) groups is 1. The summed E-state index contributed by atoms with van der Waals surface area (Å²) >= 11 is 6.23. The first-order valence-corrected chi connectivity index (χ1v) is 12.4. The average Bonchev–Trinajstić information content (AvgIpc) is 3.12. The summed E-state index contributed by atoms with van der Waals surface area (Å²) in [5.41, 5.74) is 3.97. The second-order valence-electron chi connectivity index (χ2n) is 9.95. The third kappa shape index (κ3) is 4.47. The molecule has 2 aromatic carbocycles. The molecule has 3 fully saturated rings. The van der Waals surface area contributed by atoms with Gasteiger partial charge in [0.15, 0.2) is 0 Å². The molecule has 0 spiro atoms. The van der Waals surface area contributed by atoms with Crippen LogP contribution in [0.25, 0.3) is 0 Å². The van der Waals surface area contributed by atoms with Crippen molar-refractivity contribution in [3.63, 3.8) is 0 Å². The molecule has 33 heavy (non-hydrogen) atoms. The number of urea groups is 1. The number of nitriles is 1. The van der Waals surface area contributed by atoms with E-state index in [9.17, 15) is 4.79 Å². The summed E-state index contributed by atoms with van der Waals surface area (Å²) in [5.74, 6) is 0.482. The van der Waals surface area contributed by atoms with Gasteiger partial charge >= 0.3 is 6.03 Å². The van der Waals surface area contributed by atoms with E-state index in [2.05, 4.69) is 33.3 Å². The fourth-order valence-corrected chi connectivity index (χ4v) is 6.42. The van der Waals surface area contributed by atoms with Crippen LogP contribution in [0.1, 0.15) is 48.8 Å². The number of nitrogens with zero attached hydrogens (tertiary/aromatic N) is 3. The molecule has 2 amide bonds. The molecule has 0 radical (unpaired) electrons. The monoisotopic (exact) mass is 462 g/mol. The summed E-state index contributed by atoms with van der Waals surface area (Å²) < 4.78 is 0. The van der Waals surface area contributed by atoms with Gasteiger partial charge < -0.3 is 15.1 Å². The van der Waals surface area contributed by atoms with Gasteiger partial charge in [-0.25, -0.2) is 4.79 Å². The van der Waals surface area contributed by atoms with Crippen LogP contribution in [0.15, 0.2) is 42.5 Å². The number of aryl methyl sites for hydroxylation is 1. The van der Waals surface area contributed by atoms with E-state index in [4.69, 9.17) is 16.9 Å². The van der Waals surface area contributed by atoms with Gasteiger partial charge in [-0.15, -0.1) is 0 Å². The molecule has 2 saturated carbocycles. The van der Waals surface area contributed by atoms with Crippen molar-refractivity contribution in [3.05, 3.63) is 64.2 Å². The Morgan fingerprint density at radius 3 is 2.67 bits per heavy atom.